The van der Waals surface area contributed by atoms with Crippen molar-refractivity contribution in [1.29, 1.82) is 0 Å². The molecule has 2 unspecified atom stereocenters. The summed E-state index contributed by atoms with van der Waals surface area (Å²) in [4.78, 5) is 12.1. The molecular formula is C29H36O2. The van der Waals surface area contributed by atoms with Crippen LogP contribution < -0.4 is 0 Å². The van der Waals surface area contributed by atoms with E-state index in [0.717, 1.165) is 12.0 Å². The third kappa shape index (κ3) is 4.69. The Hall–Kier alpha value is -2.61. The summed E-state index contributed by atoms with van der Waals surface area (Å²) in [5, 5.41) is 2.91. The van der Waals surface area contributed by atoms with Crippen LogP contribution in [0.2, 0.25) is 0 Å². The van der Waals surface area contributed by atoms with Crippen molar-refractivity contribution in [2.24, 2.45) is 5.41 Å². The van der Waals surface area contributed by atoms with Crippen LogP contribution in [0.3, 0.4) is 0 Å². The Morgan fingerprint density at radius 1 is 0.806 bits per heavy atom. The third-order valence-corrected chi connectivity index (χ3v) is 6.95. The highest BCUT2D eigenvalue weighted by atomic mass is 16.6. The molecule has 2 atom stereocenters. The van der Waals surface area contributed by atoms with E-state index in [9.17, 15) is 4.79 Å². The van der Waals surface area contributed by atoms with E-state index in [1.54, 1.807) is 0 Å². The lowest BCUT2D eigenvalue weighted by atomic mass is 9.89. The Bertz CT molecular complexity index is 1000. The summed E-state index contributed by atoms with van der Waals surface area (Å²) >= 11 is 0. The van der Waals surface area contributed by atoms with Gasteiger partial charge in [-0.2, -0.15) is 0 Å². The monoisotopic (exact) mass is 416 g/mol. The van der Waals surface area contributed by atoms with E-state index in [0.29, 0.717) is 11.8 Å². The second-order valence-corrected chi connectivity index (χ2v) is 9.87. The maximum atomic E-state index is 12.1. The van der Waals surface area contributed by atoms with E-state index >= 15 is 0 Å². The first-order valence-corrected chi connectivity index (χ1v) is 11.4. The summed E-state index contributed by atoms with van der Waals surface area (Å²) in [6, 6.07) is 23.2. The standard InChI is InChI=1S/C15H22O2.C14H14/c1-6-14(2,3)13(16)17-15(4,5)12-10-8-7-9-11-12;1-9-10(2)13-8-4-6-11-5-3-7-12(9)14(11)13/h7-11H,6H2,1-5H3;3-10H,1-2H3. The Morgan fingerprint density at radius 2 is 1.32 bits per heavy atom. The zero-order valence-electron chi connectivity index (χ0n) is 20.0. The lowest BCUT2D eigenvalue weighted by Crippen LogP contribution is -2.33. The molecule has 164 valence electrons. The molecule has 0 bridgehead atoms. The summed E-state index contributed by atoms with van der Waals surface area (Å²) in [6.45, 7) is 14.3. The summed E-state index contributed by atoms with van der Waals surface area (Å²) in [5.74, 6) is 1.21. The van der Waals surface area contributed by atoms with Gasteiger partial charge in [-0.25, -0.2) is 0 Å². The Balaban J connectivity index is 0.000000178. The minimum absolute atomic E-state index is 0.145. The summed E-state index contributed by atoms with van der Waals surface area (Å²) in [7, 11) is 0. The van der Waals surface area contributed by atoms with Crippen molar-refractivity contribution in [2.45, 2.75) is 72.3 Å². The van der Waals surface area contributed by atoms with E-state index in [1.165, 1.54) is 21.9 Å². The maximum absolute atomic E-state index is 12.1. The molecule has 0 N–H and O–H groups in total. The van der Waals surface area contributed by atoms with Crippen LogP contribution in [0.4, 0.5) is 0 Å². The van der Waals surface area contributed by atoms with Gasteiger partial charge in [0.1, 0.15) is 5.60 Å². The minimum Gasteiger partial charge on any atom is -0.454 e. The van der Waals surface area contributed by atoms with Crippen LogP contribution in [0.5, 0.6) is 0 Å². The molecule has 2 heteroatoms. The summed E-state index contributed by atoms with van der Waals surface area (Å²) in [5.41, 5.74) is 3.08. The van der Waals surface area contributed by atoms with Gasteiger partial charge in [-0.15, -0.1) is 0 Å². The van der Waals surface area contributed by atoms with Gasteiger partial charge in [0.15, 0.2) is 0 Å². The van der Waals surface area contributed by atoms with E-state index in [-0.39, 0.29) is 5.97 Å². The van der Waals surface area contributed by atoms with Gasteiger partial charge < -0.3 is 4.74 Å². The molecule has 0 heterocycles. The van der Waals surface area contributed by atoms with Crippen molar-refractivity contribution in [3.8, 4) is 0 Å². The molecule has 0 saturated carbocycles. The number of benzene rings is 3. The second-order valence-electron chi connectivity index (χ2n) is 9.87. The number of esters is 1. The summed E-state index contributed by atoms with van der Waals surface area (Å²) in [6.07, 6.45) is 0.775. The van der Waals surface area contributed by atoms with Gasteiger partial charge in [-0.1, -0.05) is 87.5 Å². The highest BCUT2D eigenvalue weighted by Crippen LogP contribution is 2.45. The first-order valence-electron chi connectivity index (χ1n) is 11.4. The number of hydrogen-bond donors (Lipinski definition) is 0. The second kappa shape index (κ2) is 8.86. The number of carbonyl (C=O) groups excluding carboxylic acids is 1. The zero-order chi connectivity index (χ0) is 22.8. The Kier molecular flexibility index (Phi) is 6.59. The molecule has 0 amide bonds. The molecule has 0 fully saturated rings. The SMILES string of the molecule is CC1c2cccc3cccc(c23)C1C.CCC(C)(C)C(=O)OC(C)(C)c1ccccc1. The molecule has 0 aromatic heterocycles. The first-order chi connectivity index (χ1) is 14.6. The number of rotatable bonds is 4. The highest BCUT2D eigenvalue weighted by molar-refractivity contribution is 5.92. The highest BCUT2D eigenvalue weighted by Gasteiger charge is 2.33. The van der Waals surface area contributed by atoms with E-state index in [2.05, 4.69) is 50.2 Å². The Morgan fingerprint density at radius 3 is 1.81 bits per heavy atom. The van der Waals surface area contributed by atoms with Crippen LogP contribution in [-0.2, 0) is 15.1 Å². The first kappa shape index (κ1) is 23.1. The van der Waals surface area contributed by atoms with Gasteiger partial charge in [0.2, 0.25) is 0 Å². The van der Waals surface area contributed by atoms with Gasteiger partial charge >= 0.3 is 5.97 Å². The lowest BCUT2D eigenvalue weighted by Gasteiger charge is -2.30. The number of ether oxygens (including phenoxy) is 1. The van der Waals surface area contributed by atoms with Crippen LogP contribution in [0.15, 0.2) is 66.7 Å². The van der Waals surface area contributed by atoms with Crippen molar-refractivity contribution in [3.63, 3.8) is 0 Å². The topological polar surface area (TPSA) is 26.3 Å². The molecule has 2 nitrogen and oxygen atoms in total. The molecule has 1 aliphatic rings. The molecule has 31 heavy (non-hydrogen) atoms. The van der Waals surface area contributed by atoms with E-state index < -0.39 is 11.0 Å². The zero-order valence-corrected chi connectivity index (χ0v) is 20.0. The summed E-state index contributed by atoms with van der Waals surface area (Å²) < 4.78 is 5.64. The third-order valence-electron chi connectivity index (χ3n) is 6.95. The smallest absolute Gasteiger partial charge is 0.312 e. The predicted octanol–water partition coefficient (Wildman–Crippen LogP) is 7.96. The van der Waals surface area contributed by atoms with Crippen LogP contribution in [0, 0.1) is 5.41 Å². The molecular weight excluding hydrogens is 380 g/mol. The van der Waals surface area contributed by atoms with Crippen LogP contribution >= 0.6 is 0 Å². The van der Waals surface area contributed by atoms with E-state index in [1.807, 2.05) is 65.0 Å². The fourth-order valence-electron chi connectivity index (χ4n) is 4.11. The molecule has 1 aliphatic carbocycles. The maximum Gasteiger partial charge on any atom is 0.312 e. The van der Waals surface area contributed by atoms with E-state index in [4.69, 9.17) is 4.74 Å². The van der Waals surface area contributed by atoms with Crippen molar-refractivity contribution < 1.29 is 9.53 Å². The molecule has 4 rings (SSSR count). The van der Waals surface area contributed by atoms with Gasteiger partial charge in [0.05, 0.1) is 5.41 Å². The average molecular weight is 417 g/mol. The molecule has 0 saturated heterocycles. The van der Waals surface area contributed by atoms with Crippen molar-refractivity contribution in [3.05, 3.63) is 83.4 Å². The Labute approximate surface area is 187 Å². The van der Waals surface area contributed by atoms with Gasteiger partial charge in [-0.05, 0) is 73.4 Å². The largest absolute Gasteiger partial charge is 0.454 e. The van der Waals surface area contributed by atoms with Crippen LogP contribution in [0.1, 0.15) is 83.4 Å². The average Bonchev–Trinajstić information content (AvgIpc) is 3.01. The lowest BCUT2D eigenvalue weighted by molar-refractivity contribution is -0.168. The van der Waals surface area contributed by atoms with Crippen LogP contribution in [-0.4, -0.2) is 5.97 Å². The number of carbonyl (C=O) groups is 1. The molecule has 3 aromatic rings. The molecule has 0 radical (unpaired) electrons. The molecule has 3 aromatic carbocycles. The van der Waals surface area contributed by atoms with Gasteiger partial charge in [0, 0.05) is 0 Å². The predicted molar refractivity (Wildman–Crippen MR) is 130 cm³/mol. The molecule has 0 aliphatic heterocycles. The fraction of sp³-hybridized carbons (Fsp3) is 0.414. The quantitative estimate of drug-likeness (QED) is 0.403. The van der Waals surface area contributed by atoms with Crippen molar-refractivity contribution in [1.82, 2.24) is 0 Å². The van der Waals surface area contributed by atoms with Crippen molar-refractivity contribution >= 4 is 16.7 Å². The fourth-order valence-corrected chi connectivity index (χ4v) is 4.11. The molecule has 0 spiro atoms. The van der Waals surface area contributed by atoms with Gasteiger partial charge in [-0.3, -0.25) is 4.79 Å². The van der Waals surface area contributed by atoms with Crippen LogP contribution in [0.25, 0.3) is 10.8 Å². The normalized spacial score (nSPS) is 17.8. The minimum atomic E-state index is -0.579. The van der Waals surface area contributed by atoms with Crippen molar-refractivity contribution in [2.75, 3.05) is 0 Å². The number of hydrogen-bond acceptors (Lipinski definition) is 2. The van der Waals surface area contributed by atoms with Gasteiger partial charge in [0.25, 0.3) is 0 Å².